The molecule has 1 aromatic carbocycles. The second-order valence-electron chi connectivity index (χ2n) is 5.08. The Kier molecular flexibility index (Phi) is 4.52. The maximum Gasteiger partial charge on any atom is 0.326 e. The number of carbonyl (C=O) groups excluding carboxylic acids is 2. The molecule has 112 valence electrons. The summed E-state index contributed by atoms with van der Waals surface area (Å²) in [7, 11) is 0. The van der Waals surface area contributed by atoms with E-state index in [1.807, 2.05) is 0 Å². The van der Waals surface area contributed by atoms with E-state index in [4.69, 9.17) is 5.11 Å². The van der Waals surface area contributed by atoms with Gasteiger partial charge in [-0.3, -0.25) is 9.59 Å². The van der Waals surface area contributed by atoms with E-state index >= 15 is 0 Å². The number of carboxylic acid groups (broad SMARTS) is 1. The molecule has 1 aromatic rings. The van der Waals surface area contributed by atoms with Crippen LogP contribution in [0.3, 0.4) is 0 Å². The summed E-state index contributed by atoms with van der Waals surface area (Å²) in [5.74, 6) is -1.52. The van der Waals surface area contributed by atoms with Crippen LogP contribution in [0.25, 0.3) is 0 Å². The van der Waals surface area contributed by atoms with Crippen LogP contribution < -0.4 is 10.6 Å². The standard InChI is InChI=1S/C14H16N2O4S/c1-7(2)12(14(19)20)16-13(18)8-3-4-10-9(5-8)15-11(17)6-21-10/h3-5,7,12H,6H2,1-2H3,(H,15,17)(H,16,18)(H,19,20). The zero-order valence-electron chi connectivity index (χ0n) is 11.7. The zero-order valence-corrected chi connectivity index (χ0v) is 12.5. The number of hydrogen-bond acceptors (Lipinski definition) is 4. The van der Waals surface area contributed by atoms with Crippen molar-refractivity contribution < 1.29 is 19.5 Å². The third-order valence-electron chi connectivity index (χ3n) is 3.09. The summed E-state index contributed by atoms with van der Waals surface area (Å²) in [6.45, 7) is 3.45. The number of benzene rings is 1. The molecular weight excluding hydrogens is 292 g/mol. The first-order valence-electron chi connectivity index (χ1n) is 6.49. The minimum Gasteiger partial charge on any atom is -0.480 e. The second kappa shape index (κ2) is 6.17. The van der Waals surface area contributed by atoms with Crippen molar-refractivity contribution in [3.05, 3.63) is 23.8 Å². The molecule has 21 heavy (non-hydrogen) atoms. The number of nitrogens with one attached hydrogen (secondary N) is 2. The third-order valence-corrected chi connectivity index (χ3v) is 4.17. The van der Waals surface area contributed by atoms with Crippen LogP contribution in [-0.2, 0) is 9.59 Å². The van der Waals surface area contributed by atoms with Crippen molar-refractivity contribution in [2.24, 2.45) is 5.92 Å². The summed E-state index contributed by atoms with van der Waals surface area (Å²) in [5, 5.41) is 14.3. The van der Waals surface area contributed by atoms with Crippen molar-refractivity contribution in [1.29, 1.82) is 0 Å². The van der Waals surface area contributed by atoms with Gasteiger partial charge in [-0.15, -0.1) is 11.8 Å². The minimum atomic E-state index is -1.07. The van der Waals surface area contributed by atoms with Crippen LogP contribution in [-0.4, -0.2) is 34.7 Å². The van der Waals surface area contributed by atoms with Crippen LogP contribution in [0, 0.1) is 5.92 Å². The van der Waals surface area contributed by atoms with Gasteiger partial charge in [0, 0.05) is 10.5 Å². The maximum atomic E-state index is 12.1. The molecule has 1 atom stereocenters. The number of carbonyl (C=O) groups is 3. The van der Waals surface area contributed by atoms with Crippen molar-refractivity contribution in [3.8, 4) is 0 Å². The Morgan fingerprint density at radius 3 is 2.71 bits per heavy atom. The van der Waals surface area contributed by atoms with Gasteiger partial charge in [0.15, 0.2) is 0 Å². The number of hydrogen-bond donors (Lipinski definition) is 3. The van der Waals surface area contributed by atoms with Crippen LogP contribution in [0.4, 0.5) is 5.69 Å². The summed E-state index contributed by atoms with van der Waals surface area (Å²) in [6, 6.07) is 3.99. The quantitative estimate of drug-likeness (QED) is 0.784. The van der Waals surface area contributed by atoms with E-state index < -0.39 is 17.9 Å². The molecule has 2 rings (SSSR count). The molecule has 0 aromatic heterocycles. The van der Waals surface area contributed by atoms with Gasteiger partial charge in [0.1, 0.15) is 6.04 Å². The molecule has 1 heterocycles. The molecule has 2 amide bonds. The van der Waals surface area contributed by atoms with Gasteiger partial charge in [-0.1, -0.05) is 13.8 Å². The van der Waals surface area contributed by atoms with E-state index in [0.29, 0.717) is 17.0 Å². The van der Waals surface area contributed by atoms with Crippen LogP contribution in [0.5, 0.6) is 0 Å². The SMILES string of the molecule is CC(C)C(NC(=O)c1ccc2c(c1)NC(=O)CS2)C(=O)O. The smallest absolute Gasteiger partial charge is 0.326 e. The largest absolute Gasteiger partial charge is 0.480 e. The average Bonchev–Trinajstić information content (AvgIpc) is 2.42. The fraction of sp³-hybridized carbons (Fsp3) is 0.357. The number of anilines is 1. The van der Waals surface area contributed by atoms with Crippen LogP contribution >= 0.6 is 11.8 Å². The molecule has 0 spiro atoms. The first-order chi connectivity index (χ1) is 9.88. The normalized spacial score (nSPS) is 15.1. The number of amides is 2. The fourth-order valence-corrected chi connectivity index (χ4v) is 2.75. The van der Waals surface area contributed by atoms with Crippen molar-refractivity contribution in [1.82, 2.24) is 5.32 Å². The highest BCUT2D eigenvalue weighted by Gasteiger charge is 2.24. The van der Waals surface area contributed by atoms with Crippen molar-refractivity contribution in [3.63, 3.8) is 0 Å². The van der Waals surface area contributed by atoms with Crippen LogP contribution in [0.1, 0.15) is 24.2 Å². The highest BCUT2D eigenvalue weighted by molar-refractivity contribution is 8.00. The minimum absolute atomic E-state index is 0.115. The van der Waals surface area contributed by atoms with E-state index in [9.17, 15) is 14.4 Å². The summed E-state index contributed by atoms with van der Waals surface area (Å²) in [6.07, 6.45) is 0. The number of fused-ring (bicyclic) bond motifs is 1. The van der Waals surface area contributed by atoms with E-state index in [2.05, 4.69) is 10.6 Å². The topological polar surface area (TPSA) is 95.5 Å². The predicted octanol–water partition coefficient (Wildman–Crippen LogP) is 1.57. The molecule has 0 saturated heterocycles. The summed E-state index contributed by atoms with van der Waals surface area (Å²) in [4.78, 5) is 35.5. The molecule has 6 nitrogen and oxygen atoms in total. The molecular formula is C14H16N2O4S. The highest BCUT2D eigenvalue weighted by atomic mass is 32.2. The third kappa shape index (κ3) is 3.55. The number of carboxylic acids is 1. The summed E-state index contributed by atoms with van der Waals surface area (Å²) in [5.41, 5.74) is 0.906. The number of rotatable bonds is 4. The molecule has 0 radical (unpaired) electrons. The Morgan fingerprint density at radius 2 is 2.10 bits per heavy atom. The monoisotopic (exact) mass is 308 g/mol. The molecule has 1 aliphatic heterocycles. The lowest BCUT2D eigenvalue weighted by Gasteiger charge is -2.19. The van der Waals surface area contributed by atoms with Crippen molar-refractivity contribution in [2.75, 3.05) is 11.1 Å². The lowest BCUT2D eigenvalue weighted by Crippen LogP contribution is -2.44. The van der Waals surface area contributed by atoms with E-state index in [1.54, 1.807) is 32.0 Å². The number of thioether (sulfide) groups is 1. The Balaban J connectivity index is 2.18. The first-order valence-corrected chi connectivity index (χ1v) is 7.47. The van der Waals surface area contributed by atoms with E-state index in [1.165, 1.54) is 11.8 Å². The van der Waals surface area contributed by atoms with Gasteiger partial charge < -0.3 is 15.7 Å². The van der Waals surface area contributed by atoms with Gasteiger partial charge in [0.2, 0.25) is 5.91 Å². The molecule has 1 aliphatic rings. The van der Waals surface area contributed by atoms with Gasteiger partial charge in [0.25, 0.3) is 5.91 Å². The van der Waals surface area contributed by atoms with Crippen LogP contribution in [0.15, 0.2) is 23.1 Å². The molecule has 3 N–H and O–H groups in total. The van der Waals surface area contributed by atoms with Crippen LogP contribution in [0.2, 0.25) is 0 Å². The molecule has 0 saturated carbocycles. The molecule has 0 bridgehead atoms. The maximum absolute atomic E-state index is 12.1. The highest BCUT2D eigenvalue weighted by Crippen LogP contribution is 2.31. The average molecular weight is 308 g/mol. The van der Waals surface area contributed by atoms with Gasteiger partial charge in [-0.25, -0.2) is 4.79 Å². The summed E-state index contributed by atoms with van der Waals surface area (Å²) >= 11 is 1.40. The van der Waals surface area contributed by atoms with Gasteiger partial charge in [-0.05, 0) is 24.1 Å². The van der Waals surface area contributed by atoms with E-state index in [0.717, 1.165) is 4.90 Å². The molecule has 0 aliphatic carbocycles. The number of aliphatic carboxylic acids is 1. The first kappa shape index (κ1) is 15.4. The van der Waals surface area contributed by atoms with Gasteiger partial charge >= 0.3 is 5.97 Å². The molecule has 0 fully saturated rings. The molecule has 1 unspecified atom stereocenters. The summed E-state index contributed by atoms with van der Waals surface area (Å²) < 4.78 is 0. The van der Waals surface area contributed by atoms with Crippen molar-refractivity contribution >= 4 is 35.2 Å². The predicted molar refractivity (Wildman–Crippen MR) is 79.5 cm³/mol. The zero-order chi connectivity index (χ0) is 15.6. The Hall–Kier alpha value is -2.02. The lowest BCUT2D eigenvalue weighted by atomic mass is 10.0. The van der Waals surface area contributed by atoms with Gasteiger partial charge in [-0.2, -0.15) is 0 Å². The molecule has 7 heteroatoms. The second-order valence-corrected chi connectivity index (χ2v) is 6.10. The lowest BCUT2D eigenvalue weighted by molar-refractivity contribution is -0.140. The van der Waals surface area contributed by atoms with E-state index in [-0.39, 0.29) is 11.8 Å². The Morgan fingerprint density at radius 1 is 1.38 bits per heavy atom. The Bertz CT molecular complexity index is 601. The van der Waals surface area contributed by atoms with Gasteiger partial charge in [0.05, 0.1) is 11.4 Å². The van der Waals surface area contributed by atoms with Crippen molar-refractivity contribution in [2.45, 2.75) is 24.8 Å². The Labute approximate surface area is 126 Å². The fourth-order valence-electron chi connectivity index (χ4n) is 1.96.